The topological polar surface area (TPSA) is 58.1 Å². The summed E-state index contributed by atoms with van der Waals surface area (Å²) < 4.78 is 0. The van der Waals surface area contributed by atoms with E-state index in [0.29, 0.717) is 28.0 Å². The van der Waals surface area contributed by atoms with Crippen LogP contribution >= 0.6 is 34.8 Å². The van der Waals surface area contributed by atoms with Gasteiger partial charge in [-0.15, -0.1) is 11.6 Å². The summed E-state index contributed by atoms with van der Waals surface area (Å²) >= 11 is 18.3. The second-order valence-corrected chi connectivity index (χ2v) is 8.09. The molecule has 8 heteroatoms. The number of carbonyl (C=O) groups is 1. The minimum atomic E-state index is -0.234. The molecule has 1 amide bonds. The average molecular weight is 428 g/mol. The van der Waals surface area contributed by atoms with Crippen LogP contribution in [0.1, 0.15) is 40.6 Å². The van der Waals surface area contributed by atoms with Crippen LogP contribution in [-0.4, -0.2) is 45.8 Å². The maximum Gasteiger partial charge on any atom is 0.252 e. The van der Waals surface area contributed by atoms with Crippen molar-refractivity contribution in [2.45, 2.75) is 31.2 Å². The third-order valence-corrected chi connectivity index (χ3v) is 5.70. The third kappa shape index (κ3) is 5.32. The Morgan fingerprint density at radius 3 is 2.56 bits per heavy atom. The smallest absolute Gasteiger partial charge is 0.252 e. The van der Waals surface area contributed by atoms with Crippen LogP contribution in [0.15, 0.2) is 30.6 Å². The Kier molecular flexibility index (Phi) is 6.93. The Labute approximate surface area is 174 Å². The number of likely N-dealkylation sites (tertiary alicyclic amines) is 1. The van der Waals surface area contributed by atoms with Crippen molar-refractivity contribution in [1.29, 1.82) is 0 Å². The molecule has 1 aromatic heterocycles. The van der Waals surface area contributed by atoms with Gasteiger partial charge in [0.15, 0.2) is 0 Å². The van der Waals surface area contributed by atoms with E-state index in [1.54, 1.807) is 18.2 Å². The second kappa shape index (κ2) is 9.20. The van der Waals surface area contributed by atoms with E-state index in [0.717, 1.165) is 31.5 Å². The first-order chi connectivity index (χ1) is 12.9. The zero-order valence-electron chi connectivity index (χ0n) is 15.0. The molecule has 1 aliphatic rings. The van der Waals surface area contributed by atoms with Crippen molar-refractivity contribution >= 4 is 40.7 Å². The molecule has 2 heterocycles. The Bertz CT molecular complexity index is 792. The molecule has 144 valence electrons. The lowest BCUT2D eigenvalue weighted by atomic mass is 10.0. The van der Waals surface area contributed by atoms with Crippen molar-refractivity contribution in [3.63, 3.8) is 0 Å². The highest BCUT2D eigenvalue weighted by Crippen LogP contribution is 2.26. The van der Waals surface area contributed by atoms with Gasteiger partial charge in [0, 0.05) is 48.0 Å². The van der Waals surface area contributed by atoms with E-state index in [1.165, 1.54) is 0 Å². The standard InChI is InChI=1S/C19H21Cl3N4O/c1-12-23-9-13(10-24-12)18(26-6-4-14(20)5-7-26)11-25-19(27)16-3-2-15(21)8-17(16)22/h2-3,8-10,14,18H,4-7,11H2,1H3,(H,25,27). The average Bonchev–Trinajstić information content (AvgIpc) is 2.64. The van der Waals surface area contributed by atoms with Gasteiger partial charge in [0.1, 0.15) is 5.82 Å². The Morgan fingerprint density at radius 1 is 1.26 bits per heavy atom. The molecule has 1 saturated heterocycles. The molecule has 0 aliphatic carbocycles. The fraction of sp³-hybridized carbons (Fsp3) is 0.421. The monoisotopic (exact) mass is 426 g/mol. The number of hydrogen-bond acceptors (Lipinski definition) is 4. The predicted molar refractivity (Wildman–Crippen MR) is 109 cm³/mol. The lowest BCUT2D eigenvalue weighted by Gasteiger charge is -2.36. The summed E-state index contributed by atoms with van der Waals surface area (Å²) in [4.78, 5) is 23.5. The quantitative estimate of drug-likeness (QED) is 0.724. The van der Waals surface area contributed by atoms with Gasteiger partial charge in [-0.05, 0) is 38.0 Å². The van der Waals surface area contributed by atoms with Crippen molar-refractivity contribution in [3.8, 4) is 0 Å². The zero-order chi connectivity index (χ0) is 19.4. The summed E-state index contributed by atoms with van der Waals surface area (Å²) in [6, 6.07) is 4.82. The number of nitrogens with zero attached hydrogens (tertiary/aromatic N) is 3. The first kappa shape index (κ1) is 20.3. The van der Waals surface area contributed by atoms with Crippen LogP contribution in [0.5, 0.6) is 0 Å². The number of rotatable bonds is 5. The third-order valence-electron chi connectivity index (χ3n) is 4.72. The van der Waals surface area contributed by atoms with Crippen LogP contribution < -0.4 is 5.32 Å². The fourth-order valence-corrected chi connectivity index (χ4v) is 3.86. The maximum absolute atomic E-state index is 12.6. The molecular weight excluding hydrogens is 407 g/mol. The molecule has 0 saturated carbocycles. The number of halogens is 3. The predicted octanol–water partition coefficient (Wildman–Crippen LogP) is 4.27. The van der Waals surface area contributed by atoms with E-state index in [1.807, 2.05) is 19.3 Å². The van der Waals surface area contributed by atoms with E-state index in [2.05, 4.69) is 20.2 Å². The molecule has 1 atom stereocenters. The molecule has 1 N–H and O–H groups in total. The summed E-state index contributed by atoms with van der Waals surface area (Å²) in [5, 5.41) is 4.02. The van der Waals surface area contributed by atoms with Crippen molar-refractivity contribution in [2.24, 2.45) is 0 Å². The second-order valence-electron chi connectivity index (χ2n) is 6.62. The molecule has 0 radical (unpaired) electrons. The van der Waals surface area contributed by atoms with Crippen LogP contribution in [-0.2, 0) is 0 Å². The first-order valence-corrected chi connectivity index (χ1v) is 10.0. The fourth-order valence-electron chi connectivity index (χ4n) is 3.17. The van der Waals surface area contributed by atoms with Crippen LogP contribution in [0, 0.1) is 6.92 Å². The van der Waals surface area contributed by atoms with Gasteiger partial charge in [0.25, 0.3) is 5.91 Å². The minimum Gasteiger partial charge on any atom is -0.350 e. The number of aromatic nitrogens is 2. The highest BCUT2D eigenvalue weighted by atomic mass is 35.5. The Hall–Kier alpha value is -1.40. The van der Waals surface area contributed by atoms with Gasteiger partial charge in [0.05, 0.1) is 16.6 Å². The molecule has 1 aromatic carbocycles. The summed E-state index contributed by atoms with van der Waals surface area (Å²) in [6.07, 6.45) is 5.48. The molecule has 27 heavy (non-hydrogen) atoms. The summed E-state index contributed by atoms with van der Waals surface area (Å²) in [6.45, 7) is 4.01. The molecule has 0 bridgehead atoms. The van der Waals surface area contributed by atoms with Gasteiger partial charge in [-0.2, -0.15) is 0 Å². The van der Waals surface area contributed by atoms with Crippen LogP contribution in [0.3, 0.4) is 0 Å². The zero-order valence-corrected chi connectivity index (χ0v) is 17.2. The normalized spacial score (nSPS) is 16.9. The molecule has 1 unspecified atom stereocenters. The summed E-state index contributed by atoms with van der Waals surface area (Å²) in [5.41, 5.74) is 1.37. The molecule has 1 aliphatic heterocycles. The van der Waals surface area contributed by atoms with Crippen LogP contribution in [0.2, 0.25) is 10.0 Å². The number of aryl methyl sites for hydroxylation is 1. The van der Waals surface area contributed by atoms with E-state index in [4.69, 9.17) is 34.8 Å². The first-order valence-electron chi connectivity index (χ1n) is 8.84. The van der Waals surface area contributed by atoms with E-state index >= 15 is 0 Å². The SMILES string of the molecule is Cc1ncc(C(CNC(=O)c2ccc(Cl)cc2Cl)N2CCC(Cl)CC2)cn1. The van der Waals surface area contributed by atoms with Crippen LogP contribution in [0.25, 0.3) is 0 Å². The molecule has 5 nitrogen and oxygen atoms in total. The molecular formula is C19H21Cl3N4O. The summed E-state index contributed by atoms with van der Waals surface area (Å²) in [7, 11) is 0. The van der Waals surface area contributed by atoms with Gasteiger partial charge in [0.2, 0.25) is 0 Å². The van der Waals surface area contributed by atoms with Gasteiger partial charge < -0.3 is 5.32 Å². The van der Waals surface area contributed by atoms with E-state index in [-0.39, 0.29) is 17.3 Å². The lowest BCUT2D eigenvalue weighted by Crippen LogP contribution is -2.42. The van der Waals surface area contributed by atoms with Gasteiger partial charge >= 0.3 is 0 Å². The molecule has 3 rings (SSSR count). The van der Waals surface area contributed by atoms with Gasteiger partial charge in [-0.25, -0.2) is 9.97 Å². The number of piperidine rings is 1. The highest BCUT2D eigenvalue weighted by Gasteiger charge is 2.26. The number of benzene rings is 1. The number of nitrogens with one attached hydrogen (secondary N) is 1. The Morgan fingerprint density at radius 2 is 1.93 bits per heavy atom. The minimum absolute atomic E-state index is 0.0233. The highest BCUT2D eigenvalue weighted by molar-refractivity contribution is 6.36. The Balaban J connectivity index is 1.74. The van der Waals surface area contributed by atoms with Crippen molar-refractivity contribution < 1.29 is 4.79 Å². The largest absolute Gasteiger partial charge is 0.350 e. The van der Waals surface area contributed by atoms with E-state index < -0.39 is 0 Å². The number of hydrogen-bond donors (Lipinski definition) is 1. The molecule has 1 fully saturated rings. The molecule has 2 aromatic rings. The number of alkyl halides is 1. The van der Waals surface area contributed by atoms with Crippen molar-refractivity contribution in [3.05, 3.63) is 57.6 Å². The van der Waals surface area contributed by atoms with Crippen molar-refractivity contribution in [2.75, 3.05) is 19.6 Å². The number of carbonyl (C=O) groups excluding carboxylic acids is 1. The van der Waals surface area contributed by atoms with Crippen LogP contribution in [0.4, 0.5) is 0 Å². The van der Waals surface area contributed by atoms with E-state index in [9.17, 15) is 4.79 Å². The molecule has 0 spiro atoms. The van der Waals surface area contributed by atoms with Gasteiger partial charge in [-0.1, -0.05) is 23.2 Å². The van der Waals surface area contributed by atoms with Crippen molar-refractivity contribution in [1.82, 2.24) is 20.2 Å². The lowest BCUT2D eigenvalue weighted by molar-refractivity contribution is 0.0924. The maximum atomic E-state index is 12.6. The number of amides is 1. The van der Waals surface area contributed by atoms with Gasteiger partial charge in [-0.3, -0.25) is 9.69 Å². The summed E-state index contributed by atoms with van der Waals surface area (Å²) in [5.74, 6) is 0.482.